The Labute approximate surface area is 146 Å². The molecule has 0 unspecified atom stereocenters. The Bertz CT molecular complexity index is 718. The van der Waals surface area contributed by atoms with Crippen molar-refractivity contribution in [3.8, 4) is 0 Å². The summed E-state index contributed by atoms with van der Waals surface area (Å²) in [5.74, 6) is 0. The maximum Gasteiger partial charge on any atom is 0.0230 e. The second-order valence-corrected chi connectivity index (χ2v) is 6.01. The van der Waals surface area contributed by atoms with Crippen LogP contribution in [0, 0.1) is 0 Å². The lowest BCUT2D eigenvalue weighted by molar-refractivity contribution is 0.322. The van der Waals surface area contributed by atoms with Crippen LogP contribution in [0.2, 0.25) is 0 Å². The number of benzene rings is 3. The molecule has 0 aromatic heterocycles. The summed E-state index contributed by atoms with van der Waals surface area (Å²) < 4.78 is 0. The topological polar surface area (TPSA) is 3.24 Å². The fourth-order valence-corrected chi connectivity index (χ4v) is 2.92. The highest BCUT2D eigenvalue weighted by molar-refractivity contribution is 5.82. The first-order valence-corrected chi connectivity index (χ1v) is 9.01. The zero-order valence-electron chi connectivity index (χ0n) is 15.2. The molecule has 0 amide bonds. The maximum absolute atomic E-state index is 2.40. The fraction of sp³-hybridized carbons (Fsp3) is 0.304. The minimum atomic E-state index is 1.03. The van der Waals surface area contributed by atoms with Crippen LogP contribution in [0.1, 0.15) is 31.4 Å². The van der Waals surface area contributed by atoms with Crippen LogP contribution in [-0.2, 0) is 13.0 Å². The van der Waals surface area contributed by atoms with Crippen molar-refractivity contribution < 1.29 is 0 Å². The van der Waals surface area contributed by atoms with Gasteiger partial charge >= 0.3 is 0 Å². The largest absolute Gasteiger partial charge is 0.302 e. The van der Waals surface area contributed by atoms with Crippen LogP contribution in [-0.4, -0.2) is 18.5 Å². The number of nitrogens with zero attached hydrogens (tertiary/aromatic N) is 1. The van der Waals surface area contributed by atoms with Crippen molar-refractivity contribution in [2.24, 2.45) is 0 Å². The quantitative estimate of drug-likeness (QED) is 0.544. The second-order valence-electron chi connectivity index (χ2n) is 6.01. The summed E-state index contributed by atoms with van der Waals surface area (Å²) >= 11 is 0. The van der Waals surface area contributed by atoms with Crippen LogP contribution in [0.5, 0.6) is 0 Å². The Morgan fingerprint density at radius 1 is 0.708 bits per heavy atom. The molecule has 0 aliphatic heterocycles. The van der Waals surface area contributed by atoms with Crippen LogP contribution in [0.3, 0.4) is 0 Å². The maximum atomic E-state index is 2.40. The Hall–Kier alpha value is -2.12. The summed E-state index contributed by atoms with van der Waals surface area (Å²) in [6, 6.07) is 26.1. The predicted octanol–water partition coefficient (Wildman–Crippen LogP) is 5.93. The zero-order chi connectivity index (χ0) is 17.2. The number of aryl methyl sites for hydroxylation is 1. The van der Waals surface area contributed by atoms with Crippen molar-refractivity contribution in [1.82, 2.24) is 4.90 Å². The third-order valence-electron chi connectivity index (χ3n) is 4.11. The third kappa shape index (κ3) is 5.50. The minimum absolute atomic E-state index is 1.03. The van der Waals surface area contributed by atoms with Gasteiger partial charge in [-0.2, -0.15) is 0 Å². The third-order valence-corrected chi connectivity index (χ3v) is 4.11. The second kappa shape index (κ2) is 9.89. The van der Waals surface area contributed by atoms with Gasteiger partial charge in [-0.3, -0.25) is 0 Å². The van der Waals surface area contributed by atoms with Crippen molar-refractivity contribution in [2.75, 3.05) is 13.6 Å². The standard InChI is InChI=1S/C21H23N.C2H6/c1-22(17-19-8-3-2-4-9-19)15-7-10-18-13-14-20-11-5-6-12-21(20)16-18;1-2/h2-6,8-9,11-14,16H,7,10,15,17H2,1H3;1-2H3. The van der Waals surface area contributed by atoms with Crippen LogP contribution in [0.4, 0.5) is 0 Å². The van der Waals surface area contributed by atoms with E-state index in [1.165, 1.54) is 28.3 Å². The molecule has 3 aromatic carbocycles. The molecule has 0 aliphatic rings. The zero-order valence-corrected chi connectivity index (χ0v) is 15.2. The van der Waals surface area contributed by atoms with E-state index in [9.17, 15) is 0 Å². The highest BCUT2D eigenvalue weighted by atomic mass is 15.1. The van der Waals surface area contributed by atoms with E-state index in [0.717, 1.165) is 19.5 Å². The monoisotopic (exact) mass is 319 g/mol. The summed E-state index contributed by atoms with van der Waals surface area (Å²) in [5, 5.41) is 2.67. The highest BCUT2D eigenvalue weighted by Gasteiger charge is 2.01. The molecule has 3 aromatic rings. The molecule has 0 atom stereocenters. The Morgan fingerprint density at radius 2 is 1.38 bits per heavy atom. The van der Waals surface area contributed by atoms with E-state index in [1.807, 2.05) is 13.8 Å². The van der Waals surface area contributed by atoms with Gasteiger partial charge in [0, 0.05) is 6.54 Å². The van der Waals surface area contributed by atoms with Crippen LogP contribution in [0.15, 0.2) is 72.8 Å². The molecule has 0 N–H and O–H groups in total. The first-order chi connectivity index (χ1) is 11.8. The van der Waals surface area contributed by atoms with E-state index in [2.05, 4.69) is 84.7 Å². The van der Waals surface area contributed by atoms with Gasteiger partial charge in [-0.05, 0) is 48.3 Å². The number of rotatable bonds is 6. The predicted molar refractivity (Wildman–Crippen MR) is 106 cm³/mol. The molecule has 24 heavy (non-hydrogen) atoms. The minimum Gasteiger partial charge on any atom is -0.302 e. The lowest BCUT2D eigenvalue weighted by Crippen LogP contribution is -2.19. The molecule has 126 valence electrons. The molecule has 0 spiro atoms. The van der Waals surface area contributed by atoms with E-state index in [0.29, 0.717) is 0 Å². The van der Waals surface area contributed by atoms with E-state index in [-0.39, 0.29) is 0 Å². The van der Waals surface area contributed by atoms with Gasteiger partial charge in [-0.1, -0.05) is 86.6 Å². The first-order valence-electron chi connectivity index (χ1n) is 9.01. The number of hydrogen-bond acceptors (Lipinski definition) is 1. The SMILES string of the molecule is CC.CN(CCCc1ccc2ccccc2c1)Cc1ccccc1. The number of fused-ring (bicyclic) bond motifs is 1. The van der Waals surface area contributed by atoms with Gasteiger partial charge in [0.05, 0.1) is 0 Å². The van der Waals surface area contributed by atoms with E-state index in [4.69, 9.17) is 0 Å². The molecular formula is C23H29N. The van der Waals surface area contributed by atoms with Crippen molar-refractivity contribution >= 4 is 10.8 Å². The Kier molecular flexibility index (Phi) is 7.51. The van der Waals surface area contributed by atoms with Crippen molar-refractivity contribution in [1.29, 1.82) is 0 Å². The van der Waals surface area contributed by atoms with Crippen molar-refractivity contribution in [3.63, 3.8) is 0 Å². The average Bonchev–Trinajstić information content (AvgIpc) is 2.64. The van der Waals surface area contributed by atoms with Gasteiger partial charge in [-0.25, -0.2) is 0 Å². The molecule has 0 fully saturated rings. The summed E-state index contributed by atoms with van der Waals surface area (Å²) in [5.41, 5.74) is 2.82. The lowest BCUT2D eigenvalue weighted by Gasteiger charge is -2.16. The highest BCUT2D eigenvalue weighted by Crippen LogP contribution is 2.16. The lowest BCUT2D eigenvalue weighted by atomic mass is 10.0. The number of hydrogen-bond donors (Lipinski definition) is 0. The first kappa shape index (κ1) is 18.2. The average molecular weight is 319 g/mol. The molecule has 0 saturated carbocycles. The molecule has 1 heteroatoms. The molecule has 0 radical (unpaired) electrons. The van der Waals surface area contributed by atoms with E-state index >= 15 is 0 Å². The van der Waals surface area contributed by atoms with Gasteiger partial charge in [0.15, 0.2) is 0 Å². The van der Waals surface area contributed by atoms with Crippen LogP contribution in [0.25, 0.3) is 10.8 Å². The van der Waals surface area contributed by atoms with E-state index in [1.54, 1.807) is 0 Å². The molecule has 0 aliphatic carbocycles. The smallest absolute Gasteiger partial charge is 0.0230 e. The van der Waals surface area contributed by atoms with E-state index < -0.39 is 0 Å². The summed E-state index contributed by atoms with van der Waals surface area (Å²) in [4.78, 5) is 2.40. The summed E-state index contributed by atoms with van der Waals surface area (Å²) in [6.07, 6.45) is 2.34. The Balaban J connectivity index is 0.00000100. The van der Waals surface area contributed by atoms with Crippen LogP contribution >= 0.6 is 0 Å². The van der Waals surface area contributed by atoms with Gasteiger partial charge in [-0.15, -0.1) is 0 Å². The van der Waals surface area contributed by atoms with Gasteiger partial charge in [0.1, 0.15) is 0 Å². The normalized spacial score (nSPS) is 10.5. The fourth-order valence-electron chi connectivity index (χ4n) is 2.92. The molecular weight excluding hydrogens is 290 g/mol. The molecule has 0 saturated heterocycles. The van der Waals surface area contributed by atoms with Gasteiger partial charge < -0.3 is 4.90 Å². The summed E-state index contributed by atoms with van der Waals surface area (Å²) in [6.45, 7) is 6.15. The Morgan fingerprint density at radius 3 is 2.12 bits per heavy atom. The van der Waals surface area contributed by atoms with Gasteiger partial charge in [0.25, 0.3) is 0 Å². The molecule has 1 nitrogen and oxygen atoms in total. The van der Waals surface area contributed by atoms with Crippen LogP contribution < -0.4 is 0 Å². The molecule has 0 heterocycles. The molecule has 0 bridgehead atoms. The van der Waals surface area contributed by atoms with Crippen molar-refractivity contribution in [3.05, 3.63) is 83.9 Å². The van der Waals surface area contributed by atoms with Crippen molar-refractivity contribution in [2.45, 2.75) is 33.2 Å². The summed E-state index contributed by atoms with van der Waals surface area (Å²) in [7, 11) is 2.20. The molecule has 3 rings (SSSR count). The van der Waals surface area contributed by atoms with Gasteiger partial charge in [0.2, 0.25) is 0 Å².